The molecule has 3 heteroatoms. The predicted octanol–water partition coefficient (Wildman–Crippen LogP) is 2.68. The summed E-state index contributed by atoms with van der Waals surface area (Å²) in [5, 5.41) is 8.81. The number of para-hydroxylation sites is 2. The lowest BCUT2D eigenvalue weighted by atomic mass is 9.99. The predicted molar refractivity (Wildman–Crippen MR) is 74.3 cm³/mol. The number of hydrogen-bond acceptors (Lipinski definition) is 3. The van der Waals surface area contributed by atoms with Crippen LogP contribution < -0.4 is 9.64 Å². The van der Waals surface area contributed by atoms with E-state index in [0.29, 0.717) is 13.0 Å². The second-order valence-corrected chi connectivity index (χ2v) is 5.09. The lowest BCUT2D eigenvalue weighted by Crippen LogP contribution is -2.34. The Balaban J connectivity index is 2.06. The van der Waals surface area contributed by atoms with E-state index in [4.69, 9.17) is 9.84 Å². The molecule has 0 aliphatic carbocycles. The molecule has 1 aromatic carbocycles. The maximum absolute atomic E-state index is 8.81. The van der Waals surface area contributed by atoms with Gasteiger partial charge in [0.15, 0.2) is 0 Å². The van der Waals surface area contributed by atoms with E-state index in [-0.39, 0.29) is 6.61 Å². The Kier molecular flexibility index (Phi) is 4.88. The molecule has 1 aliphatic heterocycles. The molecule has 1 atom stereocenters. The minimum absolute atomic E-state index is 0.183. The maximum Gasteiger partial charge on any atom is 0.142 e. The number of anilines is 1. The molecule has 1 aliphatic rings. The zero-order chi connectivity index (χ0) is 12.8. The number of hydrogen-bond donors (Lipinski definition) is 1. The standard InChI is InChI=1S/C15H23NO2/c1-13-6-4-9-16(12-13)14-7-2-3-8-15(14)18-11-5-10-17/h2-3,7-8,13,17H,4-6,9-12H2,1H3. The molecule has 3 nitrogen and oxygen atoms in total. The molecule has 0 spiro atoms. The number of piperidine rings is 1. The topological polar surface area (TPSA) is 32.7 Å². The van der Waals surface area contributed by atoms with Crippen LogP contribution in [0.2, 0.25) is 0 Å². The first-order valence-corrected chi connectivity index (χ1v) is 6.89. The molecule has 1 saturated heterocycles. The summed E-state index contributed by atoms with van der Waals surface area (Å²) < 4.78 is 5.76. The van der Waals surface area contributed by atoms with Gasteiger partial charge in [0.1, 0.15) is 5.75 Å². The fourth-order valence-electron chi connectivity index (χ4n) is 2.50. The fraction of sp³-hybridized carbons (Fsp3) is 0.600. The van der Waals surface area contributed by atoms with E-state index in [1.54, 1.807) is 0 Å². The SMILES string of the molecule is CC1CCCN(c2ccccc2OCCCO)C1. The average molecular weight is 249 g/mol. The minimum atomic E-state index is 0.183. The number of rotatable bonds is 5. The van der Waals surface area contributed by atoms with E-state index < -0.39 is 0 Å². The third-order valence-corrected chi connectivity index (χ3v) is 3.42. The van der Waals surface area contributed by atoms with E-state index in [0.717, 1.165) is 24.8 Å². The molecular formula is C15H23NO2. The van der Waals surface area contributed by atoms with Crippen molar-refractivity contribution in [3.63, 3.8) is 0 Å². The average Bonchev–Trinajstić information content (AvgIpc) is 2.40. The second-order valence-electron chi connectivity index (χ2n) is 5.09. The van der Waals surface area contributed by atoms with Crippen LogP contribution in [0.15, 0.2) is 24.3 Å². The van der Waals surface area contributed by atoms with Gasteiger partial charge in [-0.05, 0) is 30.9 Å². The van der Waals surface area contributed by atoms with Crippen LogP contribution in [-0.2, 0) is 0 Å². The van der Waals surface area contributed by atoms with Gasteiger partial charge in [0, 0.05) is 26.1 Å². The molecule has 1 unspecified atom stereocenters. The number of nitrogens with zero attached hydrogens (tertiary/aromatic N) is 1. The number of aliphatic hydroxyl groups excluding tert-OH is 1. The number of benzene rings is 1. The summed E-state index contributed by atoms with van der Waals surface area (Å²) in [4.78, 5) is 2.42. The van der Waals surface area contributed by atoms with Gasteiger partial charge in [-0.25, -0.2) is 0 Å². The second kappa shape index (κ2) is 6.64. The highest BCUT2D eigenvalue weighted by Gasteiger charge is 2.19. The molecule has 0 radical (unpaired) electrons. The molecule has 1 heterocycles. The maximum atomic E-state index is 8.81. The highest BCUT2D eigenvalue weighted by molar-refractivity contribution is 5.58. The van der Waals surface area contributed by atoms with Gasteiger partial charge in [-0.1, -0.05) is 19.1 Å². The Morgan fingerprint density at radius 1 is 1.39 bits per heavy atom. The van der Waals surface area contributed by atoms with Gasteiger partial charge in [0.25, 0.3) is 0 Å². The van der Waals surface area contributed by atoms with Crippen LogP contribution in [-0.4, -0.2) is 31.4 Å². The first-order valence-electron chi connectivity index (χ1n) is 6.89. The zero-order valence-corrected chi connectivity index (χ0v) is 11.1. The van der Waals surface area contributed by atoms with E-state index in [9.17, 15) is 0 Å². The van der Waals surface area contributed by atoms with E-state index >= 15 is 0 Å². The van der Waals surface area contributed by atoms with Gasteiger partial charge in [0.2, 0.25) is 0 Å². The van der Waals surface area contributed by atoms with Crippen molar-refractivity contribution in [2.24, 2.45) is 5.92 Å². The summed E-state index contributed by atoms with van der Waals surface area (Å²) in [5.41, 5.74) is 1.20. The van der Waals surface area contributed by atoms with Crippen molar-refractivity contribution in [3.05, 3.63) is 24.3 Å². The monoisotopic (exact) mass is 249 g/mol. The van der Waals surface area contributed by atoms with Gasteiger partial charge in [-0.15, -0.1) is 0 Å². The van der Waals surface area contributed by atoms with Crippen LogP contribution >= 0.6 is 0 Å². The molecule has 0 amide bonds. The Labute approximate surface area is 109 Å². The summed E-state index contributed by atoms with van der Waals surface area (Å²) in [7, 11) is 0. The first kappa shape index (κ1) is 13.2. The van der Waals surface area contributed by atoms with Gasteiger partial charge >= 0.3 is 0 Å². The van der Waals surface area contributed by atoms with Crippen molar-refractivity contribution < 1.29 is 9.84 Å². The van der Waals surface area contributed by atoms with Crippen LogP contribution in [0.4, 0.5) is 5.69 Å². The fourth-order valence-corrected chi connectivity index (χ4v) is 2.50. The molecule has 0 bridgehead atoms. The summed E-state index contributed by atoms with van der Waals surface area (Å²) in [6.45, 7) is 5.30. The molecular weight excluding hydrogens is 226 g/mol. The Bertz CT molecular complexity index is 367. The summed E-state index contributed by atoms with van der Waals surface area (Å²) in [6, 6.07) is 8.22. The quantitative estimate of drug-likeness (QED) is 0.814. The highest BCUT2D eigenvalue weighted by atomic mass is 16.5. The highest BCUT2D eigenvalue weighted by Crippen LogP contribution is 2.31. The lowest BCUT2D eigenvalue weighted by molar-refractivity contribution is 0.233. The number of ether oxygens (including phenoxy) is 1. The van der Waals surface area contributed by atoms with Crippen molar-refractivity contribution in [2.75, 3.05) is 31.2 Å². The third-order valence-electron chi connectivity index (χ3n) is 3.42. The first-order chi connectivity index (χ1) is 8.81. The van der Waals surface area contributed by atoms with E-state index in [1.165, 1.54) is 18.5 Å². The molecule has 0 saturated carbocycles. The van der Waals surface area contributed by atoms with Crippen molar-refractivity contribution in [1.82, 2.24) is 0 Å². The van der Waals surface area contributed by atoms with Crippen LogP contribution in [0.3, 0.4) is 0 Å². The van der Waals surface area contributed by atoms with Crippen LogP contribution in [0.5, 0.6) is 5.75 Å². The number of aliphatic hydroxyl groups is 1. The van der Waals surface area contributed by atoms with Gasteiger partial charge < -0.3 is 14.7 Å². The van der Waals surface area contributed by atoms with Crippen molar-refractivity contribution in [3.8, 4) is 5.75 Å². The normalized spacial score (nSPS) is 19.9. The molecule has 100 valence electrons. The Hall–Kier alpha value is -1.22. The van der Waals surface area contributed by atoms with Gasteiger partial charge in [-0.2, -0.15) is 0 Å². The minimum Gasteiger partial charge on any atom is -0.491 e. The van der Waals surface area contributed by atoms with E-state index in [2.05, 4.69) is 24.0 Å². The molecule has 18 heavy (non-hydrogen) atoms. The van der Waals surface area contributed by atoms with Crippen molar-refractivity contribution in [1.29, 1.82) is 0 Å². The molecule has 1 fully saturated rings. The summed E-state index contributed by atoms with van der Waals surface area (Å²) in [6.07, 6.45) is 3.26. The third kappa shape index (κ3) is 3.39. The molecule has 1 N–H and O–H groups in total. The Morgan fingerprint density at radius 3 is 3.00 bits per heavy atom. The summed E-state index contributed by atoms with van der Waals surface area (Å²) >= 11 is 0. The van der Waals surface area contributed by atoms with Gasteiger partial charge in [0.05, 0.1) is 12.3 Å². The summed E-state index contributed by atoms with van der Waals surface area (Å²) in [5.74, 6) is 1.70. The van der Waals surface area contributed by atoms with Crippen LogP contribution in [0, 0.1) is 5.92 Å². The van der Waals surface area contributed by atoms with Gasteiger partial charge in [-0.3, -0.25) is 0 Å². The van der Waals surface area contributed by atoms with Crippen LogP contribution in [0.1, 0.15) is 26.2 Å². The molecule has 0 aromatic heterocycles. The van der Waals surface area contributed by atoms with Crippen molar-refractivity contribution >= 4 is 5.69 Å². The molecule has 2 rings (SSSR count). The van der Waals surface area contributed by atoms with Crippen LogP contribution in [0.25, 0.3) is 0 Å². The largest absolute Gasteiger partial charge is 0.491 e. The lowest BCUT2D eigenvalue weighted by Gasteiger charge is -2.33. The zero-order valence-electron chi connectivity index (χ0n) is 11.1. The van der Waals surface area contributed by atoms with Crippen molar-refractivity contribution in [2.45, 2.75) is 26.2 Å². The molecule has 1 aromatic rings. The smallest absolute Gasteiger partial charge is 0.142 e. The van der Waals surface area contributed by atoms with E-state index in [1.807, 2.05) is 12.1 Å². The Morgan fingerprint density at radius 2 is 2.22 bits per heavy atom.